The number of halogens is 1. The van der Waals surface area contributed by atoms with Crippen LogP contribution in [0.2, 0.25) is 0 Å². The van der Waals surface area contributed by atoms with E-state index in [-0.39, 0.29) is 18.3 Å². The van der Waals surface area contributed by atoms with Crippen LogP contribution in [-0.4, -0.2) is 90.4 Å². The Bertz CT molecular complexity index is 933. The highest BCUT2D eigenvalue weighted by Crippen LogP contribution is 2.34. The van der Waals surface area contributed by atoms with Gasteiger partial charge in [0.2, 0.25) is 0 Å². The van der Waals surface area contributed by atoms with E-state index in [0.29, 0.717) is 17.1 Å². The average Bonchev–Trinajstić information content (AvgIpc) is 2.85. The minimum absolute atomic E-state index is 0. The molecule has 1 saturated heterocycles. The van der Waals surface area contributed by atoms with E-state index < -0.39 is 0 Å². The highest BCUT2D eigenvalue weighted by atomic mass is 35.5. The molecule has 9 heteroatoms. The molecule has 3 rings (SSSR count). The monoisotopic (exact) mass is 492 g/mol. The average molecular weight is 493 g/mol. The first kappa shape index (κ1) is 27.4. The highest BCUT2D eigenvalue weighted by Gasteiger charge is 2.20. The summed E-state index contributed by atoms with van der Waals surface area (Å²) in [5.41, 5.74) is 2.49. The molecule has 1 fully saturated rings. The van der Waals surface area contributed by atoms with Gasteiger partial charge in [-0.1, -0.05) is 12.1 Å². The lowest BCUT2D eigenvalue weighted by atomic mass is 10.1. The maximum atomic E-state index is 12.7. The van der Waals surface area contributed by atoms with Gasteiger partial charge in [-0.05, 0) is 31.2 Å². The molecule has 0 spiro atoms. The number of carbonyl (C=O) groups is 1. The van der Waals surface area contributed by atoms with Crippen LogP contribution in [0.4, 0.5) is 11.4 Å². The number of rotatable bonds is 10. The summed E-state index contributed by atoms with van der Waals surface area (Å²) in [6.45, 7) is 5.74. The largest absolute Gasteiger partial charge is 0.495 e. The van der Waals surface area contributed by atoms with E-state index in [2.05, 4.69) is 27.2 Å². The number of methoxy groups -OCH3 is 3. The molecule has 0 aromatic heterocycles. The van der Waals surface area contributed by atoms with Gasteiger partial charge < -0.3 is 29.3 Å². The minimum atomic E-state index is -0.0779. The van der Waals surface area contributed by atoms with Crippen LogP contribution in [0.15, 0.2) is 36.4 Å². The molecular weight excluding hydrogens is 456 g/mol. The molecule has 0 saturated carbocycles. The maximum absolute atomic E-state index is 12.7. The summed E-state index contributed by atoms with van der Waals surface area (Å²) >= 11 is 0. The smallest absolute Gasteiger partial charge is 0.255 e. The molecule has 2 aromatic carbocycles. The van der Waals surface area contributed by atoms with Crippen molar-refractivity contribution in [2.24, 2.45) is 0 Å². The number of hydrogen-bond acceptors (Lipinski definition) is 7. The Morgan fingerprint density at radius 3 is 2.18 bits per heavy atom. The van der Waals surface area contributed by atoms with Crippen LogP contribution in [0, 0.1) is 0 Å². The first-order chi connectivity index (χ1) is 16.0. The van der Waals surface area contributed by atoms with E-state index >= 15 is 0 Å². The molecule has 188 valence electrons. The van der Waals surface area contributed by atoms with Crippen molar-refractivity contribution in [2.45, 2.75) is 6.42 Å². The van der Waals surface area contributed by atoms with E-state index in [0.717, 1.165) is 62.8 Å². The van der Waals surface area contributed by atoms with Gasteiger partial charge in [-0.25, -0.2) is 0 Å². The Hall–Kier alpha value is -2.84. The summed E-state index contributed by atoms with van der Waals surface area (Å²) < 4.78 is 16.3. The Balaban J connectivity index is 0.00000408. The molecule has 8 nitrogen and oxygen atoms in total. The zero-order valence-corrected chi connectivity index (χ0v) is 21.6. The van der Waals surface area contributed by atoms with E-state index in [4.69, 9.17) is 14.2 Å². The summed E-state index contributed by atoms with van der Waals surface area (Å²) in [5, 5.41) is 3.43. The minimum Gasteiger partial charge on any atom is -0.495 e. The van der Waals surface area contributed by atoms with Crippen molar-refractivity contribution in [2.75, 3.05) is 84.9 Å². The van der Waals surface area contributed by atoms with Crippen LogP contribution < -0.4 is 24.4 Å². The molecule has 1 aliphatic heterocycles. The SMILES string of the molecule is COc1cc(NCCCN2CCN(c3ccccc3OC)CC2)c(C(=O)N(C)C)cc1OC.Cl. The van der Waals surface area contributed by atoms with E-state index in [1.54, 1.807) is 46.4 Å². The van der Waals surface area contributed by atoms with Gasteiger partial charge in [-0.3, -0.25) is 9.69 Å². The zero-order valence-electron chi connectivity index (χ0n) is 20.8. The third kappa shape index (κ3) is 6.61. The lowest BCUT2D eigenvalue weighted by Gasteiger charge is -2.36. The fourth-order valence-electron chi connectivity index (χ4n) is 4.07. The molecule has 1 N–H and O–H groups in total. The first-order valence-corrected chi connectivity index (χ1v) is 11.3. The van der Waals surface area contributed by atoms with E-state index in [1.165, 1.54) is 0 Å². The Morgan fingerprint density at radius 2 is 1.56 bits per heavy atom. The quantitative estimate of drug-likeness (QED) is 0.509. The number of benzene rings is 2. The molecular formula is C25H37ClN4O4. The van der Waals surface area contributed by atoms with Gasteiger partial charge in [0.05, 0.1) is 38.3 Å². The number of carbonyl (C=O) groups excluding carboxylic acids is 1. The molecule has 1 aliphatic rings. The number of piperazine rings is 1. The molecule has 0 atom stereocenters. The number of anilines is 2. The van der Waals surface area contributed by atoms with Crippen LogP contribution in [0.5, 0.6) is 17.2 Å². The van der Waals surface area contributed by atoms with Crippen molar-refractivity contribution in [1.29, 1.82) is 0 Å². The van der Waals surface area contributed by atoms with Crippen molar-refractivity contribution in [3.05, 3.63) is 42.0 Å². The number of nitrogens with zero attached hydrogens (tertiary/aromatic N) is 3. The predicted octanol–water partition coefficient (Wildman–Crippen LogP) is 3.46. The van der Waals surface area contributed by atoms with Crippen molar-refractivity contribution < 1.29 is 19.0 Å². The van der Waals surface area contributed by atoms with Crippen molar-refractivity contribution in [1.82, 2.24) is 9.80 Å². The second-order valence-corrected chi connectivity index (χ2v) is 8.23. The Kier molecular flexibility index (Phi) is 10.6. The Labute approximate surface area is 209 Å². The van der Waals surface area contributed by atoms with Gasteiger partial charge in [0.25, 0.3) is 5.91 Å². The summed E-state index contributed by atoms with van der Waals surface area (Å²) in [6, 6.07) is 11.8. The number of amides is 1. The zero-order chi connectivity index (χ0) is 23.8. The van der Waals surface area contributed by atoms with Gasteiger partial charge in [0, 0.05) is 52.9 Å². The van der Waals surface area contributed by atoms with Gasteiger partial charge in [-0.2, -0.15) is 0 Å². The summed E-state index contributed by atoms with van der Waals surface area (Å²) in [4.78, 5) is 19.1. The molecule has 0 bridgehead atoms. The number of hydrogen-bond donors (Lipinski definition) is 1. The lowest BCUT2D eigenvalue weighted by Crippen LogP contribution is -2.47. The summed E-state index contributed by atoms with van der Waals surface area (Å²) in [7, 11) is 8.38. The standard InChI is InChI=1S/C25H36N4O4.ClH/c1-27(2)25(30)19-17-23(32-4)24(33-5)18-20(19)26-11-8-12-28-13-15-29(16-14-28)21-9-6-7-10-22(21)31-3;/h6-7,9-10,17-18,26H,8,11-16H2,1-5H3;1H. The van der Waals surface area contributed by atoms with Gasteiger partial charge in [0.1, 0.15) is 5.75 Å². The normalized spacial score (nSPS) is 13.6. The maximum Gasteiger partial charge on any atom is 0.255 e. The van der Waals surface area contributed by atoms with Crippen LogP contribution in [0.1, 0.15) is 16.8 Å². The molecule has 0 unspecified atom stereocenters. The van der Waals surface area contributed by atoms with Crippen LogP contribution in [0.3, 0.4) is 0 Å². The van der Waals surface area contributed by atoms with Crippen molar-refractivity contribution in [3.63, 3.8) is 0 Å². The summed E-state index contributed by atoms with van der Waals surface area (Å²) in [6.07, 6.45) is 0.971. The highest BCUT2D eigenvalue weighted by molar-refractivity contribution is 6.00. The topological polar surface area (TPSA) is 66.5 Å². The number of nitrogens with one attached hydrogen (secondary N) is 1. The number of ether oxygens (including phenoxy) is 3. The Morgan fingerprint density at radius 1 is 0.941 bits per heavy atom. The molecule has 1 amide bonds. The van der Waals surface area contributed by atoms with Crippen LogP contribution >= 0.6 is 12.4 Å². The van der Waals surface area contributed by atoms with Crippen molar-refractivity contribution in [3.8, 4) is 17.2 Å². The van der Waals surface area contributed by atoms with Crippen LogP contribution in [-0.2, 0) is 0 Å². The molecule has 1 heterocycles. The third-order valence-corrected chi connectivity index (χ3v) is 5.93. The van der Waals surface area contributed by atoms with Gasteiger partial charge >= 0.3 is 0 Å². The molecule has 34 heavy (non-hydrogen) atoms. The lowest BCUT2D eigenvalue weighted by molar-refractivity contribution is 0.0828. The van der Waals surface area contributed by atoms with Gasteiger partial charge in [0.15, 0.2) is 11.5 Å². The molecule has 0 radical (unpaired) electrons. The molecule has 0 aliphatic carbocycles. The predicted molar refractivity (Wildman–Crippen MR) is 140 cm³/mol. The van der Waals surface area contributed by atoms with Gasteiger partial charge in [-0.15, -0.1) is 12.4 Å². The fourth-order valence-corrected chi connectivity index (χ4v) is 4.07. The molecule has 2 aromatic rings. The first-order valence-electron chi connectivity index (χ1n) is 11.3. The van der Waals surface area contributed by atoms with Crippen LogP contribution in [0.25, 0.3) is 0 Å². The third-order valence-electron chi connectivity index (χ3n) is 5.93. The number of para-hydroxylation sites is 2. The summed E-state index contributed by atoms with van der Waals surface area (Å²) in [5.74, 6) is 1.99. The van der Waals surface area contributed by atoms with Crippen molar-refractivity contribution >= 4 is 29.7 Å². The fraction of sp³-hybridized carbons (Fsp3) is 0.480. The second kappa shape index (κ2) is 13.2. The second-order valence-electron chi connectivity index (χ2n) is 8.23. The van der Waals surface area contributed by atoms with E-state index in [9.17, 15) is 4.79 Å². The van der Waals surface area contributed by atoms with E-state index in [1.807, 2.05) is 18.2 Å².